The van der Waals surface area contributed by atoms with E-state index < -0.39 is 23.7 Å². The number of nitrogens with zero attached hydrogens (tertiary/aromatic N) is 4. The maximum atomic E-state index is 14.8. The summed E-state index contributed by atoms with van der Waals surface area (Å²) in [6, 6.07) is 34.4. The number of hydrogen-bond acceptors (Lipinski definition) is 12. The minimum absolute atomic E-state index is 0.213. The van der Waals surface area contributed by atoms with Gasteiger partial charge in [0.05, 0.1) is 97.7 Å². The summed E-state index contributed by atoms with van der Waals surface area (Å²) >= 11 is 0. The molecule has 0 saturated heterocycles. The van der Waals surface area contributed by atoms with Crippen LogP contribution in [0.15, 0.2) is 188 Å². The standard InChI is InChI=1S/C120H172N4O8/c1-9-13-17-21-25-29-33-37-41-45-49-53-57-73-97(117(125)129-5)85-93-69-61-65-77-106(93)110-91-105-90-103-82-81-101(121-103)89-102-83-84-104(122-102)92-111-112(107-78-66-62-70-94(107)86-98(118(126)130-6)74-58-54-50-46-42-38-34-30-26-22-18-14-10-2)113(108-79-67-63-71-95(108)87-99(119(127)131-7)75-59-55-51-47-43-39-35-31-27-23-19-15-11-3)116(124-111)114(115(110)123-105)109-80-68-64-72-96(109)88-100(120(128)132-8)76-60-56-52-48-44-40-36-32-28-24-20-16-12-4/h61-72,77-84,89-92,97-100H,9-60,73-76,85-88H2,1-8H3. The zero-order valence-corrected chi connectivity index (χ0v) is 83.6. The SMILES string of the molecule is CCCCCCCCCCCCCCCC(Cc1ccccc1C1=CC2=CC3=NC(=CC4=NC(=CC5=NC(=C(c6ccccc6CC(CCCCCCCCCCCCCCC)C(=O)OC)C1=N2)C(c1ccccc1CC(CCCCCCCCCCCCCCC)C(=O)OC)=C5c1ccccc1CC(CCCCCCCCCCCCCCC)C(=O)OC)C=C4)C=C3)C(=O)OC. The van der Waals surface area contributed by atoms with Crippen molar-refractivity contribution in [3.05, 3.63) is 213 Å². The van der Waals surface area contributed by atoms with Gasteiger partial charge in [0.25, 0.3) is 0 Å². The number of allylic oxidation sites excluding steroid dienone is 12. The summed E-state index contributed by atoms with van der Waals surface area (Å²) in [5, 5.41) is 0. The fourth-order valence-corrected chi connectivity index (χ4v) is 20.5. The third kappa shape index (κ3) is 37.2. The normalized spacial score (nSPS) is 14.9. The lowest BCUT2D eigenvalue weighted by molar-refractivity contribution is -0.146. The Kier molecular flexibility index (Phi) is 52.2. The largest absolute Gasteiger partial charge is 0.469 e. The lowest BCUT2D eigenvalue weighted by Crippen LogP contribution is -2.21. The van der Waals surface area contributed by atoms with Gasteiger partial charge < -0.3 is 18.9 Å². The summed E-state index contributed by atoms with van der Waals surface area (Å²) in [6.07, 6.45) is 85.0. The van der Waals surface area contributed by atoms with Crippen molar-refractivity contribution in [3.63, 3.8) is 0 Å². The molecule has 0 amide bonds. The lowest BCUT2D eigenvalue weighted by atomic mass is 9.79. The predicted octanol–water partition coefficient (Wildman–Crippen LogP) is 32.9. The molecule has 8 bridgehead atoms. The van der Waals surface area contributed by atoms with Crippen LogP contribution in [0.2, 0.25) is 0 Å². The number of rotatable bonds is 72. The Labute approximate surface area is 800 Å². The molecule has 132 heavy (non-hydrogen) atoms. The first-order chi connectivity index (χ1) is 64.9. The number of hydrogen-bond donors (Lipinski definition) is 0. The third-order valence-corrected chi connectivity index (χ3v) is 28.3. The highest BCUT2D eigenvalue weighted by Crippen LogP contribution is 2.50. The summed E-state index contributed by atoms with van der Waals surface area (Å²) in [4.78, 5) is 81.7. The first-order valence-corrected chi connectivity index (χ1v) is 53.7. The molecule has 9 rings (SSSR count). The van der Waals surface area contributed by atoms with Gasteiger partial charge in [-0.05, 0) is 144 Å². The highest BCUT2D eigenvalue weighted by Gasteiger charge is 2.38. The average molecular weight is 1800 g/mol. The molecule has 0 saturated carbocycles. The van der Waals surface area contributed by atoms with E-state index in [1.54, 1.807) is 0 Å². The van der Waals surface area contributed by atoms with E-state index >= 15 is 0 Å². The van der Waals surface area contributed by atoms with Crippen LogP contribution in [0.1, 0.15) is 432 Å². The molecular formula is C120H172N4O8. The summed E-state index contributed by atoms with van der Waals surface area (Å²) in [5.74, 6) is -2.69. The van der Waals surface area contributed by atoms with Gasteiger partial charge in [0, 0.05) is 22.3 Å². The van der Waals surface area contributed by atoms with Crippen molar-refractivity contribution in [1.82, 2.24) is 0 Å². The van der Waals surface area contributed by atoms with Crippen LogP contribution in [-0.4, -0.2) is 75.2 Å². The Hall–Kier alpha value is -8.64. The predicted molar refractivity (Wildman–Crippen MR) is 558 cm³/mol. The molecule has 0 aliphatic carbocycles. The van der Waals surface area contributed by atoms with Crippen LogP contribution in [-0.2, 0) is 63.8 Å². The second-order valence-corrected chi connectivity index (χ2v) is 38.9. The van der Waals surface area contributed by atoms with Crippen molar-refractivity contribution in [2.75, 3.05) is 28.4 Å². The number of carbonyl (C=O) groups excluding carboxylic acids is 4. The van der Waals surface area contributed by atoms with Crippen LogP contribution in [0.5, 0.6) is 0 Å². The number of aliphatic imine (C=N–C) groups is 4. The van der Waals surface area contributed by atoms with E-state index in [4.69, 9.17) is 38.9 Å². The fourth-order valence-electron chi connectivity index (χ4n) is 20.5. The number of esters is 4. The van der Waals surface area contributed by atoms with Crippen molar-refractivity contribution in [2.45, 2.75) is 413 Å². The maximum absolute atomic E-state index is 14.8. The topological polar surface area (TPSA) is 155 Å². The lowest BCUT2D eigenvalue weighted by Gasteiger charge is -2.24. The molecule has 0 spiro atoms. The molecule has 0 radical (unpaired) electrons. The van der Waals surface area contributed by atoms with Gasteiger partial charge in [-0.1, -0.05) is 459 Å². The van der Waals surface area contributed by atoms with E-state index in [1.165, 1.54) is 285 Å². The zero-order chi connectivity index (χ0) is 93.2. The van der Waals surface area contributed by atoms with Crippen molar-refractivity contribution in [1.29, 1.82) is 0 Å². The van der Waals surface area contributed by atoms with Gasteiger partial charge in [-0.2, -0.15) is 0 Å². The van der Waals surface area contributed by atoms with E-state index in [9.17, 15) is 19.2 Å². The molecule has 0 N–H and O–H groups in total. The minimum atomic E-state index is -0.476. The summed E-state index contributed by atoms with van der Waals surface area (Å²) in [5.41, 5.74) is 16.3. The van der Waals surface area contributed by atoms with Gasteiger partial charge in [-0.15, -0.1) is 0 Å². The van der Waals surface area contributed by atoms with Crippen LogP contribution in [0.3, 0.4) is 0 Å². The van der Waals surface area contributed by atoms with E-state index in [2.05, 4.69) is 149 Å². The molecule has 0 fully saturated rings. The van der Waals surface area contributed by atoms with Gasteiger partial charge in [-0.25, -0.2) is 20.0 Å². The van der Waals surface area contributed by atoms with E-state index in [1.807, 2.05) is 24.3 Å². The molecule has 12 heteroatoms. The van der Waals surface area contributed by atoms with Gasteiger partial charge in [0.1, 0.15) is 0 Å². The molecule has 4 atom stereocenters. The highest BCUT2D eigenvalue weighted by atomic mass is 16.5. The number of fused-ring (bicyclic) bond motifs is 4. The number of benzene rings is 4. The monoisotopic (exact) mass is 1800 g/mol. The number of ether oxygens (including phenoxy) is 4. The zero-order valence-electron chi connectivity index (χ0n) is 83.6. The molecule has 12 nitrogen and oxygen atoms in total. The molecule has 0 aromatic heterocycles. The summed E-state index contributed by atoms with van der Waals surface area (Å²) < 4.78 is 23.3. The Morgan fingerprint density at radius 2 is 0.500 bits per heavy atom. The number of carbonyl (C=O) groups is 4. The van der Waals surface area contributed by atoms with Crippen LogP contribution in [0.25, 0.3) is 22.3 Å². The summed E-state index contributed by atoms with van der Waals surface area (Å²) in [7, 11) is 6.12. The molecule has 720 valence electrons. The van der Waals surface area contributed by atoms with Crippen LogP contribution >= 0.6 is 0 Å². The molecule has 4 aromatic carbocycles. The minimum Gasteiger partial charge on any atom is -0.469 e. The number of methoxy groups -OCH3 is 4. The quantitative estimate of drug-likeness (QED) is 0.0240. The van der Waals surface area contributed by atoms with Gasteiger partial charge >= 0.3 is 23.9 Å². The highest BCUT2D eigenvalue weighted by molar-refractivity contribution is 6.50. The average Bonchev–Trinajstić information content (AvgIpc) is 1.57. The van der Waals surface area contributed by atoms with Crippen LogP contribution in [0.4, 0.5) is 0 Å². The van der Waals surface area contributed by atoms with E-state index in [0.717, 1.165) is 161 Å². The summed E-state index contributed by atoms with van der Waals surface area (Å²) in [6.45, 7) is 9.13. The fraction of sp³-hybridized carbons (Fsp3) is 0.600. The smallest absolute Gasteiger partial charge is 0.308 e. The first kappa shape index (κ1) is 107. The van der Waals surface area contributed by atoms with Crippen molar-refractivity contribution in [2.24, 2.45) is 43.6 Å². The van der Waals surface area contributed by atoms with Gasteiger partial charge in [-0.3, -0.25) is 19.2 Å². The van der Waals surface area contributed by atoms with Crippen molar-refractivity contribution in [3.8, 4) is 0 Å². The van der Waals surface area contributed by atoms with E-state index in [-0.39, 0.29) is 23.9 Å². The molecule has 5 aliphatic rings. The second-order valence-electron chi connectivity index (χ2n) is 38.9. The van der Waals surface area contributed by atoms with Gasteiger partial charge in [0.15, 0.2) is 0 Å². The van der Waals surface area contributed by atoms with Crippen LogP contribution < -0.4 is 0 Å². The Bertz CT molecular complexity index is 4530. The molecule has 5 aliphatic heterocycles. The van der Waals surface area contributed by atoms with E-state index in [0.29, 0.717) is 79.9 Å². The molecule has 4 unspecified atom stereocenters. The van der Waals surface area contributed by atoms with Gasteiger partial charge in [0.2, 0.25) is 0 Å². The Morgan fingerprint density at radius 1 is 0.250 bits per heavy atom. The second kappa shape index (κ2) is 64.3. The molecule has 4 aromatic rings. The third-order valence-electron chi connectivity index (χ3n) is 28.3. The maximum Gasteiger partial charge on any atom is 0.308 e. The van der Waals surface area contributed by atoms with Crippen molar-refractivity contribution >= 4 is 69.0 Å². The Balaban J connectivity index is 1.22. The first-order valence-electron chi connectivity index (χ1n) is 53.7. The van der Waals surface area contributed by atoms with Crippen LogP contribution in [0, 0.1) is 23.7 Å². The number of unbranched alkanes of at least 4 members (excludes halogenated alkanes) is 48. The molecule has 5 heterocycles. The Morgan fingerprint density at radius 3 is 0.803 bits per heavy atom. The van der Waals surface area contributed by atoms with Crippen molar-refractivity contribution < 1.29 is 38.1 Å². The molecular weight excluding hydrogens is 1630 g/mol.